The van der Waals surface area contributed by atoms with Crippen molar-refractivity contribution in [3.8, 4) is 5.75 Å². The summed E-state index contributed by atoms with van der Waals surface area (Å²) in [5, 5.41) is 10.5. The highest BCUT2D eigenvalue weighted by Crippen LogP contribution is 2.30. The first-order valence-electron chi connectivity index (χ1n) is 5.34. The van der Waals surface area contributed by atoms with Crippen molar-refractivity contribution in [1.29, 1.82) is 0 Å². The average Bonchev–Trinajstić information content (AvgIpc) is 2.85. The third kappa shape index (κ3) is 3.47. The van der Waals surface area contributed by atoms with Crippen LogP contribution in [-0.4, -0.2) is 16.1 Å². The predicted molar refractivity (Wildman–Crippen MR) is 64.8 cm³/mol. The molecule has 1 aromatic carbocycles. The second-order valence-electron chi connectivity index (χ2n) is 3.74. The van der Waals surface area contributed by atoms with Crippen LogP contribution >= 0.6 is 11.3 Å². The molecule has 8 heteroatoms. The molecular weight excluding hydrogens is 295 g/mol. The number of rotatable bonds is 4. The van der Waals surface area contributed by atoms with E-state index in [1.54, 1.807) is 0 Å². The number of ether oxygens (including phenoxy) is 1. The third-order valence-corrected chi connectivity index (χ3v) is 3.14. The lowest BCUT2D eigenvalue weighted by molar-refractivity contribution is -0.137. The van der Waals surface area contributed by atoms with Crippen molar-refractivity contribution in [2.75, 3.05) is 0 Å². The van der Waals surface area contributed by atoms with Crippen LogP contribution < -0.4 is 4.74 Å². The number of hydrogen-bond acceptors (Lipinski definition) is 4. The Bertz CT molecular complexity index is 607. The molecule has 0 saturated carbocycles. The standard InChI is InChI=1S/C12H8F3NO3S/c13-12(14,15)7-1-3-8(4-2-7)19-5-10-16-9(6-20-10)11(17)18/h1-4,6H,5H2,(H,17,18). The number of aromatic carboxylic acids is 1. The molecule has 4 nitrogen and oxygen atoms in total. The molecule has 1 N–H and O–H groups in total. The van der Waals surface area contributed by atoms with E-state index < -0.39 is 17.7 Å². The Hall–Kier alpha value is -2.09. The molecule has 2 aromatic rings. The fraction of sp³-hybridized carbons (Fsp3) is 0.167. The van der Waals surface area contributed by atoms with Crippen molar-refractivity contribution in [2.45, 2.75) is 12.8 Å². The maximum absolute atomic E-state index is 12.3. The van der Waals surface area contributed by atoms with E-state index in [4.69, 9.17) is 9.84 Å². The van der Waals surface area contributed by atoms with Gasteiger partial charge in [0, 0.05) is 5.38 Å². The minimum absolute atomic E-state index is 0.00328. The number of carboxylic acid groups (broad SMARTS) is 1. The zero-order valence-electron chi connectivity index (χ0n) is 9.85. The fourth-order valence-electron chi connectivity index (χ4n) is 1.36. The van der Waals surface area contributed by atoms with E-state index in [-0.39, 0.29) is 18.1 Å². The zero-order chi connectivity index (χ0) is 14.8. The number of carboxylic acids is 1. The number of thiazole rings is 1. The van der Waals surface area contributed by atoms with Gasteiger partial charge in [-0.05, 0) is 24.3 Å². The van der Waals surface area contributed by atoms with Crippen LogP contribution in [0.15, 0.2) is 29.6 Å². The Kier molecular flexibility index (Phi) is 3.93. The maximum atomic E-state index is 12.3. The summed E-state index contributed by atoms with van der Waals surface area (Å²) in [6, 6.07) is 4.24. The number of benzene rings is 1. The second-order valence-corrected chi connectivity index (χ2v) is 4.69. The Morgan fingerprint density at radius 1 is 1.30 bits per heavy atom. The molecule has 1 aromatic heterocycles. The van der Waals surface area contributed by atoms with Crippen molar-refractivity contribution < 1.29 is 27.8 Å². The van der Waals surface area contributed by atoms with Gasteiger partial charge in [0.15, 0.2) is 5.69 Å². The molecule has 20 heavy (non-hydrogen) atoms. The molecule has 0 fully saturated rings. The fourth-order valence-corrected chi connectivity index (χ4v) is 2.04. The number of alkyl halides is 3. The summed E-state index contributed by atoms with van der Waals surface area (Å²) >= 11 is 1.11. The first-order chi connectivity index (χ1) is 9.36. The SMILES string of the molecule is O=C(O)c1csc(COc2ccc(C(F)(F)F)cc2)n1. The van der Waals surface area contributed by atoms with Crippen molar-refractivity contribution in [3.05, 3.63) is 45.9 Å². The molecule has 0 bridgehead atoms. The lowest BCUT2D eigenvalue weighted by Crippen LogP contribution is -2.04. The predicted octanol–water partition coefficient (Wildman–Crippen LogP) is 3.44. The largest absolute Gasteiger partial charge is 0.486 e. The molecule has 106 valence electrons. The molecule has 0 unspecified atom stereocenters. The Morgan fingerprint density at radius 3 is 2.45 bits per heavy atom. The second kappa shape index (κ2) is 5.49. The number of halogens is 3. The van der Waals surface area contributed by atoms with Gasteiger partial charge in [0.2, 0.25) is 0 Å². The first-order valence-corrected chi connectivity index (χ1v) is 6.22. The summed E-state index contributed by atoms with van der Waals surface area (Å²) in [5.41, 5.74) is -0.840. The van der Waals surface area contributed by atoms with Gasteiger partial charge in [0.25, 0.3) is 0 Å². The molecular formula is C12H8F3NO3S. The molecule has 0 spiro atoms. The van der Waals surface area contributed by atoms with Crippen LogP contribution in [0.1, 0.15) is 21.1 Å². The zero-order valence-corrected chi connectivity index (χ0v) is 10.7. The minimum Gasteiger partial charge on any atom is -0.486 e. The molecule has 0 amide bonds. The van der Waals surface area contributed by atoms with Gasteiger partial charge >= 0.3 is 12.1 Å². The van der Waals surface area contributed by atoms with E-state index >= 15 is 0 Å². The molecule has 0 aliphatic heterocycles. The van der Waals surface area contributed by atoms with Crippen LogP contribution in [0.25, 0.3) is 0 Å². The van der Waals surface area contributed by atoms with E-state index in [0.29, 0.717) is 5.01 Å². The minimum atomic E-state index is -4.38. The molecule has 1 heterocycles. The Balaban J connectivity index is 1.98. The van der Waals surface area contributed by atoms with Gasteiger partial charge in [-0.2, -0.15) is 13.2 Å². The number of hydrogen-bond donors (Lipinski definition) is 1. The van der Waals surface area contributed by atoms with Gasteiger partial charge in [-0.3, -0.25) is 0 Å². The van der Waals surface area contributed by atoms with Gasteiger partial charge < -0.3 is 9.84 Å². The van der Waals surface area contributed by atoms with Crippen LogP contribution in [-0.2, 0) is 12.8 Å². The number of carbonyl (C=O) groups is 1. The van der Waals surface area contributed by atoms with E-state index in [1.807, 2.05) is 0 Å². The van der Waals surface area contributed by atoms with E-state index in [0.717, 1.165) is 23.5 Å². The molecule has 0 saturated heterocycles. The summed E-state index contributed by atoms with van der Waals surface area (Å²) in [6.45, 7) is 0.00328. The van der Waals surface area contributed by atoms with Crippen LogP contribution in [0.3, 0.4) is 0 Å². The van der Waals surface area contributed by atoms with Crippen molar-refractivity contribution >= 4 is 17.3 Å². The topological polar surface area (TPSA) is 59.4 Å². The smallest absolute Gasteiger partial charge is 0.416 e. The highest BCUT2D eigenvalue weighted by Gasteiger charge is 2.30. The monoisotopic (exact) mass is 303 g/mol. The molecule has 0 radical (unpaired) electrons. The molecule has 0 aliphatic rings. The van der Waals surface area contributed by atoms with Gasteiger partial charge in [-0.1, -0.05) is 0 Å². The highest BCUT2D eigenvalue weighted by atomic mass is 32.1. The lowest BCUT2D eigenvalue weighted by Gasteiger charge is -2.08. The van der Waals surface area contributed by atoms with Crippen molar-refractivity contribution in [2.24, 2.45) is 0 Å². The highest BCUT2D eigenvalue weighted by molar-refractivity contribution is 7.09. The Labute approximate surface area is 115 Å². The maximum Gasteiger partial charge on any atom is 0.416 e. The van der Waals surface area contributed by atoms with E-state index in [9.17, 15) is 18.0 Å². The van der Waals surface area contributed by atoms with Gasteiger partial charge in [0.05, 0.1) is 5.56 Å². The van der Waals surface area contributed by atoms with Crippen LogP contribution in [0.2, 0.25) is 0 Å². The summed E-state index contributed by atoms with van der Waals surface area (Å²) < 4.78 is 42.3. The van der Waals surface area contributed by atoms with Crippen LogP contribution in [0.5, 0.6) is 5.75 Å². The molecule has 2 rings (SSSR count). The molecule has 0 aliphatic carbocycles. The molecule has 0 atom stereocenters. The van der Waals surface area contributed by atoms with Gasteiger partial charge in [-0.15, -0.1) is 11.3 Å². The van der Waals surface area contributed by atoms with Crippen molar-refractivity contribution in [3.63, 3.8) is 0 Å². The summed E-state index contributed by atoms with van der Waals surface area (Å²) in [7, 11) is 0. The summed E-state index contributed by atoms with van der Waals surface area (Å²) in [6.07, 6.45) is -4.38. The number of nitrogens with zero attached hydrogens (tertiary/aromatic N) is 1. The number of aromatic nitrogens is 1. The van der Waals surface area contributed by atoms with Crippen molar-refractivity contribution in [1.82, 2.24) is 4.98 Å². The first kappa shape index (κ1) is 14.3. The summed E-state index contributed by atoms with van der Waals surface area (Å²) in [5.74, 6) is -0.882. The quantitative estimate of drug-likeness (QED) is 0.940. The van der Waals surface area contributed by atoms with Crippen LogP contribution in [0, 0.1) is 0 Å². The average molecular weight is 303 g/mol. The van der Waals surface area contributed by atoms with Crippen LogP contribution in [0.4, 0.5) is 13.2 Å². The van der Waals surface area contributed by atoms with Gasteiger partial charge in [0.1, 0.15) is 17.4 Å². The normalized spacial score (nSPS) is 11.3. The van der Waals surface area contributed by atoms with E-state index in [1.165, 1.54) is 17.5 Å². The van der Waals surface area contributed by atoms with Gasteiger partial charge in [-0.25, -0.2) is 9.78 Å². The third-order valence-electron chi connectivity index (χ3n) is 2.31. The Morgan fingerprint density at radius 2 is 1.95 bits per heavy atom. The lowest BCUT2D eigenvalue weighted by atomic mass is 10.2. The van der Waals surface area contributed by atoms with E-state index in [2.05, 4.69) is 4.98 Å². The summed E-state index contributed by atoms with van der Waals surface area (Å²) in [4.78, 5) is 14.4.